The van der Waals surface area contributed by atoms with Crippen LogP contribution in [0.3, 0.4) is 0 Å². The Kier molecular flexibility index (Phi) is 12.2. The van der Waals surface area contributed by atoms with E-state index in [1.807, 2.05) is 37.6 Å². The summed E-state index contributed by atoms with van der Waals surface area (Å²) in [6.45, 7) is 7.55. The fourth-order valence-electron chi connectivity index (χ4n) is 2.45. The number of allylic oxidation sites excluding steroid dienone is 1. The largest absolute Gasteiger partial charge is 0.497 e. The molecule has 0 saturated carbocycles. The van der Waals surface area contributed by atoms with Gasteiger partial charge in [-0.05, 0) is 36.4 Å². The van der Waals surface area contributed by atoms with Crippen LogP contribution < -0.4 is 10.2 Å². The molecular weight excluding hydrogens is 456 g/mol. The molecule has 0 atom stereocenters. The highest BCUT2D eigenvalue weighted by Crippen LogP contribution is 2.27. The number of ether oxygens (including phenoxy) is 1. The highest BCUT2D eigenvalue weighted by atomic mass is 79.9. The molecule has 28 heavy (non-hydrogen) atoms. The van der Waals surface area contributed by atoms with E-state index in [-0.39, 0.29) is 5.91 Å². The van der Waals surface area contributed by atoms with Gasteiger partial charge >= 0.3 is 0 Å². The lowest BCUT2D eigenvalue weighted by molar-refractivity contribution is -0.115. The van der Waals surface area contributed by atoms with Crippen molar-refractivity contribution < 1.29 is 9.53 Å². The van der Waals surface area contributed by atoms with Crippen LogP contribution in [0.15, 0.2) is 39.9 Å². The van der Waals surface area contributed by atoms with Crippen LogP contribution in [0.1, 0.15) is 38.2 Å². The fraction of sp³-hybridized carbons (Fsp3) is 0.429. The van der Waals surface area contributed by atoms with Gasteiger partial charge in [0.25, 0.3) is 5.91 Å². The molecule has 0 radical (unpaired) electrons. The number of thiocarbonyl (C=S) groups is 1. The van der Waals surface area contributed by atoms with Crippen molar-refractivity contribution in [3.63, 3.8) is 0 Å². The Morgan fingerprint density at radius 1 is 1.43 bits per heavy atom. The molecule has 1 aromatic carbocycles. The summed E-state index contributed by atoms with van der Waals surface area (Å²) in [7, 11) is 2.03. The van der Waals surface area contributed by atoms with Crippen LogP contribution >= 0.6 is 39.9 Å². The first-order valence-electron chi connectivity index (χ1n) is 9.24. The van der Waals surface area contributed by atoms with Crippen molar-refractivity contribution >= 4 is 63.1 Å². The minimum atomic E-state index is -0.202. The van der Waals surface area contributed by atoms with E-state index >= 15 is 0 Å². The molecule has 1 aromatic rings. The number of amides is 1. The second kappa shape index (κ2) is 13.8. The molecule has 154 valence electrons. The number of unbranched alkanes of at least 4 members (excludes halogenated alkanes) is 2. The molecule has 0 saturated heterocycles. The molecule has 1 amide bonds. The molecule has 0 aliphatic rings. The van der Waals surface area contributed by atoms with Crippen LogP contribution in [-0.4, -0.2) is 37.9 Å². The number of rotatable bonds is 13. The molecule has 0 heterocycles. The van der Waals surface area contributed by atoms with Gasteiger partial charge in [-0.2, -0.15) is 0 Å². The van der Waals surface area contributed by atoms with E-state index in [9.17, 15) is 4.79 Å². The van der Waals surface area contributed by atoms with E-state index in [0.717, 1.165) is 40.9 Å². The van der Waals surface area contributed by atoms with Crippen molar-refractivity contribution in [3.8, 4) is 0 Å². The summed E-state index contributed by atoms with van der Waals surface area (Å²) in [6, 6.07) is 6.06. The summed E-state index contributed by atoms with van der Waals surface area (Å²) in [6.07, 6.45) is 8.18. The molecule has 0 aliphatic carbocycles. The third-order valence-electron chi connectivity index (χ3n) is 4.14. The molecule has 0 aromatic heterocycles. The molecule has 7 heteroatoms. The smallest absolute Gasteiger partial charge is 0.262 e. The van der Waals surface area contributed by atoms with Gasteiger partial charge in [-0.1, -0.05) is 60.6 Å². The summed E-state index contributed by atoms with van der Waals surface area (Å²) < 4.78 is 6.66. The van der Waals surface area contributed by atoms with Crippen LogP contribution in [0.25, 0.3) is 6.08 Å². The lowest BCUT2D eigenvalue weighted by Crippen LogP contribution is -2.22. The maximum atomic E-state index is 12.0. The van der Waals surface area contributed by atoms with Gasteiger partial charge < -0.3 is 15.0 Å². The van der Waals surface area contributed by atoms with Gasteiger partial charge in [0.05, 0.1) is 22.7 Å². The van der Waals surface area contributed by atoms with Crippen molar-refractivity contribution in [2.45, 2.75) is 32.6 Å². The van der Waals surface area contributed by atoms with E-state index in [1.54, 1.807) is 0 Å². The van der Waals surface area contributed by atoms with Gasteiger partial charge in [0, 0.05) is 23.6 Å². The number of benzene rings is 1. The minimum Gasteiger partial charge on any atom is -0.497 e. The van der Waals surface area contributed by atoms with Crippen LogP contribution in [0.5, 0.6) is 0 Å². The lowest BCUT2D eigenvalue weighted by atomic mass is 10.2. The number of nitrogens with one attached hydrogen (secondary N) is 1. The maximum absolute atomic E-state index is 12.0. The Morgan fingerprint density at radius 3 is 2.79 bits per heavy atom. The van der Waals surface area contributed by atoms with E-state index in [0.29, 0.717) is 11.5 Å². The Balaban J connectivity index is 2.66. The van der Waals surface area contributed by atoms with Crippen molar-refractivity contribution in [3.05, 3.63) is 45.5 Å². The number of likely N-dealkylation sites (N-methyl/N-ethyl adjacent to an activating group) is 1. The average Bonchev–Trinajstić information content (AvgIpc) is 2.67. The lowest BCUT2D eigenvalue weighted by Gasteiger charge is -2.21. The molecule has 0 fully saturated rings. The highest BCUT2D eigenvalue weighted by Gasteiger charge is 2.10. The molecule has 0 aliphatic heterocycles. The van der Waals surface area contributed by atoms with Gasteiger partial charge in [0.2, 0.25) is 0 Å². The zero-order chi connectivity index (χ0) is 20.9. The maximum Gasteiger partial charge on any atom is 0.262 e. The Hall–Kier alpha value is -1.31. The zero-order valence-electron chi connectivity index (χ0n) is 16.8. The minimum absolute atomic E-state index is 0.202. The first-order chi connectivity index (χ1) is 13.4. The zero-order valence-corrected chi connectivity index (χ0v) is 20.0. The molecule has 0 bridgehead atoms. The van der Waals surface area contributed by atoms with Gasteiger partial charge in [-0.15, -0.1) is 11.8 Å². The quantitative estimate of drug-likeness (QED) is 0.166. The topological polar surface area (TPSA) is 41.6 Å². The summed E-state index contributed by atoms with van der Waals surface area (Å²) in [5.74, 6) is 0.662. The van der Waals surface area contributed by atoms with Crippen LogP contribution in [-0.2, 0) is 9.53 Å². The normalized spacial score (nSPS) is 11.1. The predicted octanol–water partition coefficient (Wildman–Crippen LogP) is 5.77. The van der Waals surface area contributed by atoms with Gasteiger partial charge in [0.15, 0.2) is 0 Å². The van der Waals surface area contributed by atoms with Crippen molar-refractivity contribution in [2.75, 3.05) is 31.4 Å². The van der Waals surface area contributed by atoms with E-state index < -0.39 is 0 Å². The highest BCUT2D eigenvalue weighted by molar-refractivity contribution is 9.10. The predicted molar refractivity (Wildman–Crippen MR) is 130 cm³/mol. The van der Waals surface area contributed by atoms with Crippen LogP contribution in [0, 0.1) is 0 Å². The van der Waals surface area contributed by atoms with E-state index in [2.05, 4.69) is 51.9 Å². The molecule has 0 spiro atoms. The third-order valence-corrected chi connectivity index (χ3v) is 5.68. The number of hydrogen-bond acceptors (Lipinski definition) is 5. The molecular formula is C21H29BrN2O2S2. The van der Waals surface area contributed by atoms with Gasteiger partial charge in [0.1, 0.15) is 6.61 Å². The second-order valence-electron chi connectivity index (χ2n) is 6.28. The number of anilines is 1. The number of thioether (sulfide) groups is 1. The molecule has 1 N–H and O–H groups in total. The SMILES string of the molecule is C=C(CCCCC)OCCN(C)c1ccc(/C=C(\SC)C(=O)NC=S)c(Br)c1. The number of carbonyl (C=O) groups is 1. The first kappa shape index (κ1) is 24.7. The monoisotopic (exact) mass is 484 g/mol. The second-order valence-corrected chi connectivity index (χ2v) is 8.21. The van der Waals surface area contributed by atoms with Crippen molar-refractivity contribution in [2.24, 2.45) is 0 Å². The van der Waals surface area contributed by atoms with Crippen molar-refractivity contribution in [1.82, 2.24) is 5.32 Å². The summed E-state index contributed by atoms with van der Waals surface area (Å²) >= 11 is 9.67. The van der Waals surface area contributed by atoms with Gasteiger partial charge in [-0.25, -0.2) is 0 Å². The third kappa shape index (κ3) is 8.80. The van der Waals surface area contributed by atoms with E-state index in [1.165, 1.54) is 30.1 Å². The molecule has 0 unspecified atom stereocenters. The first-order valence-corrected chi connectivity index (χ1v) is 11.7. The Bertz CT molecular complexity index is 708. The summed E-state index contributed by atoms with van der Waals surface area (Å²) in [5, 5.41) is 2.53. The Morgan fingerprint density at radius 2 is 2.18 bits per heavy atom. The van der Waals surface area contributed by atoms with E-state index in [4.69, 9.17) is 4.74 Å². The molecule has 1 rings (SSSR count). The number of carbonyl (C=O) groups excluding carboxylic acids is 1. The molecule has 4 nitrogen and oxygen atoms in total. The van der Waals surface area contributed by atoms with Crippen LogP contribution in [0.2, 0.25) is 0 Å². The van der Waals surface area contributed by atoms with Gasteiger partial charge in [-0.3, -0.25) is 4.79 Å². The fourth-order valence-corrected chi connectivity index (χ4v) is 3.53. The summed E-state index contributed by atoms with van der Waals surface area (Å²) in [4.78, 5) is 14.7. The number of hydrogen-bond donors (Lipinski definition) is 1. The Labute approximate surface area is 186 Å². The van der Waals surface area contributed by atoms with Crippen molar-refractivity contribution in [1.29, 1.82) is 0 Å². The number of nitrogens with zero attached hydrogens (tertiary/aromatic N) is 1. The average molecular weight is 486 g/mol. The number of halogens is 1. The standard InChI is InChI=1S/C21H29BrN2O2S2/c1-5-6-7-8-16(2)26-12-11-24(3)18-10-9-17(19(22)14-18)13-20(28-4)21(25)23-15-27/h9-10,13-15H,2,5-8,11-12H2,1,3-4H3,(H,23,25,27)/b20-13-. The van der Waals surface area contributed by atoms with Crippen LogP contribution in [0.4, 0.5) is 5.69 Å². The summed E-state index contributed by atoms with van der Waals surface area (Å²) in [5.41, 5.74) is 3.22.